The van der Waals surface area contributed by atoms with Gasteiger partial charge in [0.05, 0.1) is 22.5 Å². The number of pyridine rings is 1. The summed E-state index contributed by atoms with van der Waals surface area (Å²) in [5.41, 5.74) is 1.29. The minimum absolute atomic E-state index is 0.235. The summed E-state index contributed by atoms with van der Waals surface area (Å²) < 4.78 is 39.1. The molecule has 0 bridgehead atoms. The van der Waals surface area contributed by atoms with E-state index in [2.05, 4.69) is 14.9 Å². The highest BCUT2D eigenvalue weighted by molar-refractivity contribution is 6.33. The van der Waals surface area contributed by atoms with Gasteiger partial charge in [-0.15, -0.1) is 0 Å². The first kappa shape index (κ1) is 23.5. The zero-order valence-corrected chi connectivity index (χ0v) is 19.6. The molecule has 0 atom stereocenters. The Morgan fingerprint density at radius 2 is 1.71 bits per heavy atom. The Labute approximate surface area is 205 Å². The quantitative estimate of drug-likeness (QED) is 0.474. The molecule has 0 unspecified atom stereocenters. The molecule has 0 spiro atoms. The van der Waals surface area contributed by atoms with Crippen molar-refractivity contribution in [3.8, 4) is 22.5 Å². The van der Waals surface area contributed by atoms with Gasteiger partial charge in [-0.3, -0.25) is 14.8 Å². The van der Waals surface area contributed by atoms with Crippen molar-refractivity contribution in [2.24, 2.45) is 0 Å². The van der Waals surface area contributed by atoms with Gasteiger partial charge in [-0.25, -0.2) is 4.98 Å². The number of benzene rings is 1. The molecule has 2 saturated heterocycles. The Kier molecular flexibility index (Phi) is 6.35. The standard InChI is InChI=1S/C25H23ClF3N5O/c26-20-14-30-10-7-19(20)24-23(16-3-5-17(6-4-16)25(27,28)29)31-15-21(32-24)33-12-8-18(9-13-33)34-11-1-2-22(34)35/h3-7,10,14-15,18H,1-2,8-9,11-13H2. The number of aromatic nitrogens is 3. The van der Waals surface area contributed by atoms with Crippen LogP contribution in [0.15, 0.2) is 48.9 Å². The van der Waals surface area contributed by atoms with Crippen molar-refractivity contribution in [1.82, 2.24) is 19.9 Å². The van der Waals surface area contributed by atoms with Crippen molar-refractivity contribution in [1.29, 1.82) is 0 Å². The van der Waals surface area contributed by atoms with Crippen molar-refractivity contribution in [2.45, 2.75) is 37.9 Å². The van der Waals surface area contributed by atoms with Gasteiger partial charge in [0, 0.05) is 55.6 Å². The van der Waals surface area contributed by atoms with Crippen molar-refractivity contribution >= 4 is 23.3 Å². The van der Waals surface area contributed by atoms with Gasteiger partial charge in [0.15, 0.2) is 0 Å². The second kappa shape index (κ2) is 9.45. The zero-order chi connectivity index (χ0) is 24.6. The summed E-state index contributed by atoms with van der Waals surface area (Å²) in [5, 5.41) is 0.373. The van der Waals surface area contributed by atoms with E-state index in [4.69, 9.17) is 16.6 Å². The maximum atomic E-state index is 13.0. The van der Waals surface area contributed by atoms with E-state index in [1.165, 1.54) is 18.3 Å². The Morgan fingerprint density at radius 3 is 2.34 bits per heavy atom. The second-order valence-corrected chi connectivity index (χ2v) is 9.17. The summed E-state index contributed by atoms with van der Waals surface area (Å²) in [5.74, 6) is 0.897. The first-order valence-electron chi connectivity index (χ1n) is 11.5. The Bertz CT molecular complexity index is 1230. The molecule has 35 heavy (non-hydrogen) atoms. The average Bonchev–Trinajstić information content (AvgIpc) is 3.29. The number of rotatable bonds is 4. The maximum Gasteiger partial charge on any atom is 0.416 e. The molecule has 0 aliphatic carbocycles. The fourth-order valence-electron chi connectivity index (χ4n) is 4.78. The van der Waals surface area contributed by atoms with E-state index >= 15 is 0 Å². The fraction of sp³-hybridized carbons (Fsp3) is 0.360. The van der Waals surface area contributed by atoms with Crippen LogP contribution in [0.25, 0.3) is 22.5 Å². The molecule has 2 fully saturated rings. The molecule has 0 radical (unpaired) electrons. The predicted octanol–water partition coefficient (Wildman–Crippen LogP) is 5.47. The molecule has 0 saturated carbocycles. The van der Waals surface area contributed by atoms with Crippen LogP contribution in [-0.2, 0) is 11.0 Å². The Balaban J connectivity index is 1.46. The van der Waals surface area contributed by atoms with Crippen molar-refractivity contribution in [3.63, 3.8) is 0 Å². The van der Waals surface area contributed by atoms with Crippen LogP contribution < -0.4 is 4.90 Å². The lowest BCUT2D eigenvalue weighted by Crippen LogP contribution is -2.45. The van der Waals surface area contributed by atoms with E-state index in [0.29, 0.717) is 39.8 Å². The lowest BCUT2D eigenvalue weighted by molar-refractivity contribution is -0.137. The molecule has 6 nitrogen and oxygen atoms in total. The highest BCUT2D eigenvalue weighted by Gasteiger charge is 2.32. The average molecular weight is 502 g/mol. The number of anilines is 1. The van der Waals surface area contributed by atoms with Crippen LogP contribution in [0.2, 0.25) is 5.02 Å². The largest absolute Gasteiger partial charge is 0.416 e. The maximum absolute atomic E-state index is 13.0. The van der Waals surface area contributed by atoms with Crippen molar-refractivity contribution in [2.75, 3.05) is 24.5 Å². The summed E-state index contributed by atoms with van der Waals surface area (Å²) >= 11 is 6.42. The number of amides is 1. The molecule has 182 valence electrons. The van der Waals surface area contributed by atoms with Gasteiger partial charge in [-0.2, -0.15) is 13.2 Å². The van der Waals surface area contributed by atoms with Crippen LogP contribution in [0.3, 0.4) is 0 Å². The molecule has 2 aliphatic heterocycles. The molecule has 4 heterocycles. The number of hydrogen-bond donors (Lipinski definition) is 0. The number of halogens is 4. The van der Waals surface area contributed by atoms with Crippen molar-refractivity contribution < 1.29 is 18.0 Å². The molecule has 1 amide bonds. The monoisotopic (exact) mass is 501 g/mol. The number of alkyl halides is 3. The van der Waals surface area contributed by atoms with Gasteiger partial charge in [0.2, 0.25) is 5.91 Å². The highest BCUT2D eigenvalue weighted by Crippen LogP contribution is 2.36. The van der Waals surface area contributed by atoms with Crippen LogP contribution in [0, 0.1) is 0 Å². The molecule has 10 heteroatoms. The van der Waals surface area contributed by atoms with E-state index in [0.717, 1.165) is 51.0 Å². The molecule has 1 aromatic carbocycles. The summed E-state index contributed by atoms with van der Waals surface area (Å²) in [6.07, 6.45) is 3.56. The molecular formula is C25H23ClF3N5O. The first-order chi connectivity index (χ1) is 16.8. The minimum Gasteiger partial charge on any atom is -0.355 e. The normalized spacial score (nSPS) is 17.3. The summed E-state index contributed by atoms with van der Waals surface area (Å²) in [6.45, 7) is 2.29. The minimum atomic E-state index is -4.42. The van der Waals surface area contributed by atoms with Crippen LogP contribution in [0.1, 0.15) is 31.2 Å². The van der Waals surface area contributed by atoms with Gasteiger partial charge < -0.3 is 9.80 Å². The van der Waals surface area contributed by atoms with Gasteiger partial charge >= 0.3 is 6.18 Å². The molecule has 3 aromatic rings. The topological polar surface area (TPSA) is 62.2 Å². The Morgan fingerprint density at radius 1 is 0.971 bits per heavy atom. The highest BCUT2D eigenvalue weighted by atomic mass is 35.5. The van der Waals surface area contributed by atoms with Crippen LogP contribution in [0.5, 0.6) is 0 Å². The number of carbonyl (C=O) groups excluding carboxylic acids is 1. The number of likely N-dealkylation sites (tertiary alicyclic amines) is 1. The molecule has 0 N–H and O–H groups in total. The fourth-order valence-corrected chi connectivity index (χ4v) is 4.99. The number of nitrogens with zero attached hydrogens (tertiary/aromatic N) is 5. The molecule has 2 aliphatic rings. The van der Waals surface area contributed by atoms with E-state index in [1.807, 2.05) is 4.90 Å². The van der Waals surface area contributed by atoms with E-state index in [9.17, 15) is 18.0 Å². The number of hydrogen-bond acceptors (Lipinski definition) is 5. The summed E-state index contributed by atoms with van der Waals surface area (Å²) in [6, 6.07) is 6.82. The lowest BCUT2D eigenvalue weighted by atomic mass is 10.0. The third-order valence-electron chi connectivity index (χ3n) is 6.61. The molecule has 2 aromatic heterocycles. The zero-order valence-electron chi connectivity index (χ0n) is 18.8. The SMILES string of the molecule is O=C1CCCN1C1CCN(c2cnc(-c3ccc(C(F)(F)F)cc3)c(-c3ccncc3Cl)n2)CC1. The molecular weight excluding hydrogens is 479 g/mol. The van der Waals surface area contributed by atoms with E-state index in [1.54, 1.807) is 18.5 Å². The predicted molar refractivity (Wildman–Crippen MR) is 127 cm³/mol. The van der Waals surface area contributed by atoms with Crippen LogP contribution in [0.4, 0.5) is 19.0 Å². The summed E-state index contributed by atoms with van der Waals surface area (Å²) in [4.78, 5) is 29.7. The second-order valence-electron chi connectivity index (χ2n) is 8.76. The van der Waals surface area contributed by atoms with Gasteiger partial charge in [-0.1, -0.05) is 23.7 Å². The van der Waals surface area contributed by atoms with Gasteiger partial charge in [0.25, 0.3) is 0 Å². The third kappa shape index (κ3) is 4.82. The van der Waals surface area contributed by atoms with Crippen LogP contribution >= 0.6 is 11.6 Å². The first-order valence-corrected chi connectivity index (χ1v) is 11.9. The van der Waals surface area contributed by atoms with E-state index < -0.39 is 11.7 Å². The lowest BCUT2D eigenvalue weighted by Gasteiger charge is -2.37. The molecule has 5 rings (SSSR count). The van der Waals surface area contributed by atoms with Gasteiger partial charge in [-0.05, 0) is 37.5 Å². The Hall–Kier alpha value is -3.20. The number of piperidine rings is 1. The summed E-state index contributed by atoms with van der Waals surface area (Å²) in [7, 11) is 0. The third-order valence-corrected chi connectivity index (χ3v) is 6.91. The smallest absolute Gasteiger partial charge is 0.355 e. The van der Waals surface area contributed by atoms with Crippen molar-refractivity contribution in [3.05, 3.63) is 59.5 Å². The van der Waals surface area contributed by atoms with Crippen LogP contribution in [-0.4, -0.2) is 51.4 Å². The van der Waals surface area contributed by atoms with E-state index in [-0.39, 0.29) is 11.9 Å². The number of carbonyl (C=O) groups is 1. The van der Waals surface area contributed by atoms with Gasteiger partial charge in [0.1, 0.15) is 11.5 Å².